The maximum absolute atomic E-state index is 4.98. The molecule has 0 N–H and O–H groups in total. The first-order valence-corrected chi connectivity index (χ1v) is 16.7. The predicted octanol–water partition coefficient (Wildman–Crippen LogP) is 11.2. The van der Waals surface area contributed by atoms with Crippen LogP contribution in [-0.2, 0) is 0 Å². The second kappa shape index (κ2) is 11.1. The van der Waals surface area contributed by atoms with E-state index in [9.17, 15) is 0 Å². The van der Waals surface area contributed by atoms with E-state index in [-0.39, 0.29) is 0 Å². The number of fused-ring (bicyclic) bond motifs is 4. The molecule has 6 aromatic carbocycles. The number of nitrogens with zero attached hydrogens (tertiary/aromatic N) is 4. The number of benzene rings is 6. The van der Waals surface area contributed by atoms with Crippen LogP contribution in [0.25, 0.3) is 86.3 Å². The lowest BCUT2D eigenvalue weighted by Gasteiger charge is -2.09. The number of rotatable bonds is 5. The van der Waals surface area contributed by atoms with E-state index in [1.54, 1.807) is 11.3 Å². The van der Waals surface area contributed by atoms with Gasteiger partial charge in [-0.3, -0.25) is 0 Å². The second-order valence-corrected chi connectivity index (χ2v) is 13.2. The Morgan fingerprint density at radius 3 is 1.52 bits per heavy atom. The fourth-order valence-corrected chi connectivity index (χ4v) is 8.07. The van der Waals surface area contributed by atoms with Crippen LogP contribution >= 0.6 is 22.7 Å². The Bertz CT molecular complexity index is 2450. The number of thiophene rings is 1. The lowest BCUT2D eigenvalue weighted by molar-refractivity contribution is 1.07. The molecule has 0 unspecified atom stereocenters. The molecule has 0 aliphatic carbocycles. The summed E-state index contributed by atoms with van der Waals surface area (Å²) in [5, 5.41) is 3.61. The van der Waals surface area contributed by atoms with Crippen LogP contribution in [0.3, 0.4) is 0 Å². The summed E-state index contributed by atoms with van der Waals surface area (Å²) in [5.41, 5.74) is 7.45. The third-order valence-electron chi connectivity index (χ3n) is 8.18. The van der Waals surface area contributed by atoms with Crippen LogP contribution in [0.5, 0.6) is 0 Å². The highest BCUT2D eigenvalue weighted by Gasteiger charge is 2.16. The average Bonchev–Trinajstić information content (AvgIpc) is 3.72. The Morgan fingerprint density at radius 2 is 0.913 bits per heavy atom. The van der Waals surface area contributed by atoms with E-state index in [0.717, 1.165) is 38.3 Å². The first-order valence-electron chi connectivity index (χ1n) is 15.1. The van der Waals surface area contributed by atoms with Gasteiger partial charge in [0.15, 0.2) is 17.5 Å². The molecule has 0 radical (unpaired) electrons. The summed E-state index contributed by atoms with van der Waals surface area (Å²) < 4.78 is 3.73. The summed E-state index contributed by atoms with van der Waals surface area (Å²) in [6.07, 6.45) is 0. The van der Waals surface area contributed by atoms with Gasteiger partial charge in [-0.15, -0.1) is 22.7 Å². The predicted molar refractivity (Wildman–Crippen MR) is 193 cm³/mol. The normalized spacial score (nSPS) is 11.5. The van der Waals surface area contributed by atoms with Crippen LogP contribution in [0, 0.1) is 0 Å². The van der Waals surface area contributed by atoms with Gasteiger partial charge in [0.05, 0.1) is 10.2 Å². The van der Waals surface area contributed by atoms with E-state index >= 15 is 0 Å². The molecular formula is C40H24N4S2. The monoisotopic (exact) mass is 624 g/mol. The molecule has 0 spiro atoms. The van der Waals surface area contributed by atoms with Gasteiger partial charge in [0.2, 0.25) is 0 Å². The Hall–Kier alpha value is -5.56. The average molecular weight is 625 g/mol. The first kappa shape index (κ1) is 26.8. The third kappa shape index (κ3) is 4.76. The fraction of sp³-hybridized carbons (Fsp3) is 0. The molecule has 0 amide bonds. The van der Waals surface area contributed by atoms with Crippen molar-refractivity contribution in [2.45, 2.75) is 0 Å². The van der Waals surface area contributed by atoms with Gasteiger partial charge in [-0.1, -0.05) is 127 Å². The summed E-state index contributed by atoms with van der Waals surface area (Å²) in [6.45, 7) is 0. The molecule has 0 bridgehead atoms. The molecule has 9 rings (SSSR count). The minimum Gasteiger partial charge on any atom is -0.236 e. The molecular weight excluding hydrogens is 601 g/mol. The van der Waals surface area contributed by atoms with E-state index in [4.69, 9.17) is 19.9 Å². The van der Waals surface area contributed by atoms with Crippen molar-refractivity contribution < 1.29 is 0 Å². The SMILES string of the molecule is c1ccc(-c2nc(-c3ccccc3)nc(-c3ccc(-c4cccc5sc6cc7nc(-c8ccccc8)sc7cc6c45)cc3)n2)cc1. The van der Waals surface area contributed by atoms with Crippen molar-refractivity contribution in [3.05, 3.63) is 146 Å². The first-order chi connectivity index (χ1) is 22.8. The van der Waals surface area contributed by atoms with Crippen LogP contribution in [0.1, 0.15) is 0 Å². The van der Waals surface area contributed by atoms with Gasteiger partial charge in [0, 0.05) is 42.4 Å². The molecule has 3 aromatic heterocycles. The van der Waals surface area contributed by atoms with Gasteiger partial charge in [0.1, 0.15) is 5.01 Å². The highest BCUT2D eigenvalue weighted by atomic mass is 32.1. The van der Waals surface area contributed by atoms with Crippen molar-refractivity contribution in [3.8, 4) is 55.9 Å². The van der Waals surface area contributed by atoms with Crippen molar-refractivity contribution in [3.63, 3.8) is 0 Å². The molecule has 0 fully saturated rings. The number of hydrogen-bond acceptors (Lipinski definition) is 6. The summed E-state index contributed by atoms with van der Waals surface area (Å²) in [5.74, 6) is 1.97. The van der Waals surface area contributed by atoms with E-state index in [0.29, 0.717) is 17.5 Å². The largest absolute Gasteiger partial charge is 0.236 e. The third-order valence-corrected chi connectivity index (χ3v) is 10.4. The van der Waals surface area contributed by atoms with Crippen LogP contribution in [0.2, 0.25) is 0 Å². The van der Waals surface area contributed by atoms with Gasteiger partial charge in [-0.2, -0.15) is 0 Å². The van der Waals surface area contributed by atoms with Gasteiger partial charge < -0.3 is 0 Å². The summed E-state index contributed by atoms with van der Waals surface area (Å²) >= 11 is 3.58. The second-order valence-electron chi connectivity index (χ2n) is 11.1. The smallest absolute Gasteiger partial charge is 0.164 e. The number of aromatic nitrogens is 4. The molecule has 0 saturated heterocycles. The fourth-order valence-electron chi connectivity index (χ4n) is 5.93. The number of thiazole rings is 1. The minimum absolute atomic E-state index is 0.653. The quantitative estimate of drug-likeness (QED) is 0.191. The standard InChI is InChI=1S/C40H24N4S2/c1-4-11-26(12-5-1)37-42-38(27-13-6-2-7-14-27)44-39(43-37)28-21-19-25(20-22-28)30-17-10-18-33-36(30)31-23-35-32(24-34(31)45-33)41-40(46-35)29-15-8-3-9-16-29/h1-24H. The Morgan fingerprint density at radius 1 is 0.370 bits per heavy atom. The van der Waals surface area contributed by atoms with E-state index in [1.807, 2.05) is 78.1 Å². The Balaban J connectivity index is 1.14. The number of hydrogen-bond donors (Lipinski definition) is 0. The summed E-state index contributed by atoms with van der Waals surface area (Å²) in [6, 6.07) is 50.4. The lowest BCUT2D eigenvalue weighted by Crippen LogP contribution is -2.00. The molecule has 0 saturated carbocycles. The maximum atomic E-state index is 4.98. The molecule has 3 heterocycles. The Kier molecular flexibility index (Phi) is 6.47. The molecule has 46 heavy (non-hydrogen) atoms. The highest BCUT2D eigenvalue weighted by Crippen LogP contribution is 2.43. The van der Waals surface area contributed by atoms with Crippen LogP contribution in [-0.4, -0.2) is 19.9 Å². The van der Waals surface area contributed by atoms with E-state index in [1.165, 1.54) is 30.4 Å². The molecule has 0 atom stereocenters. The van der Waals surface area contributed by atoms with Crippen molar-refractivity contribution in [2.24, 2.45) is 0 Å². The molecule has 0 aliphatic rings. The molecule has 0 aliphatic heterocycles. The molecule has 4 nitrogen and oxygen atoms in total. The van der Waals surface area contributed by atoms with Gasteiger partial charge in [0.25, 0.3) is 0 Å². The minimum atomic E-state index is 0.653. The van der Waals surface area contributed by atoms with Crippen LogP contribution in [0.15, 0.2) is 146 Å². The summed E-state index contributed by atoms with van der Waals surface area (Å²) in [4.78, 5) is 19.6. The molecule has 6 heteroatoms. The van der Waals surface area contributed by atoms with Crippen molar-refractivity contribution in [2.75, 3.05) is 0 Å². The van der Waals surface area contributed by atoms with Gasteiger partial charge in [-0.05, 0) is 29.3 Å². The zero-order valence-electron chi connectivity index (χ0n) is 24.5. The van der Waals surface area contributed by atoms with E-state index < -0.39 is 0 Å². The lowest BCUT2D eigenvalue weighted by atomic mass is 9.98. The Labute approximate surface area is 273 Å². The van der Waals surface area contributed by atoms with Gasteiger partial charge in [-0.25, -0.2) is 19.9 Å². The maximum Gasteiger partial charge on any atom is 0.164 e. The van der Waals surface area contributed by atoms with Crippen molar-refractivity contribution in [1.82, 2.24) is 19.9 Å². The molecule has 216 valence electrons. The van der Waals surface area contributed by atoms with Crippen LogP contribution in [0.4, 0.5) is 0 Å². The van der Waals surface area contributed by atoms with Gasteiger partial charge >= 0.3 is 0 Å². The van der Waals surface area contributed by atoms with Crippen LogP contribution < -0.4 is 0 Å². The van der Waals surface area contributed by atoms with Crippen molar-refractivity contribution in [1.29, 1.82) is 0 Å². The summed E-state index contributed by atoms with van der Waals surface area (Å²) in [7, 11) is 0. The molecule has 9 aromatic rings. The van der Waals surface area contributed by atoms with Crippen molar-refractivity contribution >= 4 is 53.1 Å². The topological polar surface area (TPSA) is 51.6 Å². The highest BCUT2D eigenvalue weighted by molar-refractivity contribution is 7.26. The zero-order chi connectivity index (χ0) is 30.5. The zero-order valence-corrected chi connectivity index (χ0v) is 26.1. The van der Waals surface area contributed by atoms with E-state index in [2.05, 4.69) is 78.9 Å².